The maximum absolute atomic E-state index is 12.1. The average Bonchev–Trinajstić information content (AvgIpc) is 3.10. The van der Waals surface area contributed by atoms with E-state index >= 15 is 0 Å². The Morgan fingerprint density at radius 2 is 2.12 bits per heavy atom. The van der Waals surface area contributed by atoms with Gasteiger partial charge in [-0.15, -0.1) is 5.10 Å². The molecule has 6 nitrogen and oxygen atoms in total. The summed E-state index contributed by atoms with van der Waals surface area (Å²) in [6.07, 6.45) is 5.89. The molecule has 0 radical (unpaired) electrons. The monoisotopic (exact) mass is 360 g/mol. The zero-order valence-electron chi connectivity index (χ0n) is 14.5. The Labute approximate surface area is 152 Å². The number of ether oxygens (including phenoxy) is 1. The molecule has 1 amide bonds. The summed E-state index contributed by atoms with van der Waals surface area (Å²) in [4.78, 5) is 16.6. The highest BCUT2D eigenvalue weighted by molar-refractivity contribution is 7.99. The van der Waals surface area contributed by atoms with Gasteiger partial charge in [-0.3, -0.25) is 9.89 Å². The Morgan fingerprint density at radius 1 is 1.32 bits per heavy atom. The van der Waals surface area contributed by atoms with E-state index in [4.69, 9.17) is 4.74 Å². The first-order chi connectivity index (χ1) is 12.3. The number of carbonyl (C=O) groups excluding carboxylic acids is 1. The number of rotatable bonds is 7. The molecule has 2 N–H and O–H groups in total. The maximum atomic E-state index is 12.1. The summed E-state index contributed by atoms with van der Waals surface area (Å²) in [6.45, 7) is 2.54. The minimum atomic E-state index is 0.0537. The third-order valence-electron chi connectivity index (χ3n) is 4.21. The lowest BCUT2D eigenvalue weighted by atomic mass is 9.95. The molecule has 1 saturated carbocycles. The Balaban J connectivity index is 1.56. The number of benzene rings is 1. The normalized spacial score (nSPS) is 15.1. The van der Waals surface area contributed by atoms with Crippen LogP contribution in [0.3, 0.4) is 0 Å². The SMILES string of the molecule is CCOc1ccccc1-c1nc(SCC(=O)NC2CCCCC2)n[nH]1. The number of amides is 1. The lowest BCUT2D eigenvalue weighted by molar-refractivity contribution is -0.119. The molecule has 1 aliphatic carbocycles. The molecule has 0 saturated heterocycles. The fraction of sp³-hybridized carbons (Fsp3) is 0.500. The second-order valence-corrected chi connectivity index (χ2v) is 7.03. The van der Waals surface area contributed by atoms with Gasteiger partial charge in [0, 0.05) is 6.04 Å². The molecule has 0 atom stereocenters. The predicted molar refractivity (Wildman–Crippen MR) is 98.7 cm³/mol. The van der Waals surface area contributed by atoms with Gasteiger partial charge in [0.1, 0.15) is 5.75 Å². The maximum Gasteiger partial charge on any atom is 0.230 e. The number of carbonyl (C=O) groups is 1. The zero-order chi connectivity index (χ0) is 17.5. The first-order valence-electron chi connectivity index (χ1n) is 8.83. The molecule has 1 heterocycles. The third-order valence-corrected chi connectivity index (χ3v) is 5.06. The molecule has 7 heteroatoms. The number of para-hydroxylation sites is 1. The molecule has 1 aromatic carbocycles. The van der Waals surface area contributed by atoms with Crippen LogP contribution in [0.5, 0.6) is 5.75 Å². The standard InChI is InChI=1S/C18H24N4O2S/c1-2-24-15-11-7-6-10-14(15)17-20-18(22-21-17)25-12-16(23)19-13-8-4-3-5-9-13/h6-7,10-11,13H,2-5,8-9,12H2,1H3,(H,19,23)(H,20,21,22). The van der Waals surface area contributed by atoms with Crippen molar-refractivity contribution >= 4 is 17.7 Å². The molecule has 0 unspecified atom stereocenters. The molecular weight excluding hydrogens is 336 g/mol. The Hall–Kier alpha value is -2.02. The van der Waals surface area contributed by atoms with Crippen LogP contribution in [0.2, 0.25) is 0 Å². The van der Waals surface area contributed by atoms with Gasteiger partial charge in [-0.05, 0) is 31.9 Å². The molecule has 0 bridgehead atoms. The molecule has 3 rings (SSSR count). The molecule has 0 aliphatic heterocycles. The van der Waals surface area contributed by atoms with Crippen molar-refractivity contribution in [2.75, 3.05) is 12.4 Å². The van der Waals surface area contributed by atoms with E-state index in [0.717, 1.165) is 24.2 Å². The van der Waals surface area contributed by atoms with Gasteiger partial charge in [0.05, 0.1) is 17.9 Å². The summed E-state index contributed by atoms with van der Waals surface area (Å²) in [5, 5.41) is 10.8. The van der Waals surface area contributed by atoms with E-state index in [1.807, 2.05) is 31.2 Å². The fourth-order valence-electron chi connectivity index (χ4n) is 3.02. The van der Waals surface area contributed by atoms with Gasteiger partial charge in [-0.25, -0.2) is 4.98 Å². The van der Waals surface area contributed by atoms with Crippen molar-refractivity contribution in [2.45, 2.75) is 50.2 Å². The molecule has 25 heavy (non-hydrogen) atoms. The zero-order valence-corrected chi connectivity index (χ0v) is 15.3. The quantitative estimate of drug-likeness (QED) is 0.740. The summed E-state index contributed by atoms with van der Waals surface area (Å²) in [5.74, 6) is 1.81. The van der Waals surface area contributed by atoms with Gasteiger partial charge in [0.2, 0.25) is 11.1 Å². The molecule has 2 aromatic rings. The Kier molecular flexibility index (Phi) is 6.33. The molecule has 1 aromatic heterocycles. The van der Waals surface area contributed by atoms with Crippen LogP contribution in [0.15, 0.2) is 29.4 Å². The van der Waals surface area contributed by atoms with Crippen LogP contribution in [0, 0.1) is 0 Å². The van der Waals surface area contributed by atoms with Crippen molar-refractivity contribution in [3.8, 4) is 17.1 Å². The molecule has 1 fully saturated rings. The van der Waals surface area contributed by atoms with Crippen LogP contribution >= 0.6 is 11.8 Å². The Morgan fingerprint density at radius 3 is 2.92 bits per heavy atom. The highest BCUT2D eigenvalue weighted by Crippen LogP contribution is 2.28. The second kappa shape index (κ2) is 8.89. The van der Waals surface area contributed by atoms with Crippen LogP contribution in [0.4, 0.5) is 0 Å². The lowest BCUT2D eigenvalue weighted by Gasteiger charge is -2.22. The van der Waals surface area contributed by atoms with E-state index in [0.29, 0.717) is 29.4 Å². The summed E-state index contributed by atoms with van der Waals surface area (Å²) in [6, 6.07) is 8.05. The van der Waals surface area contributed by atoms with Crippen molar-refractivity contribution in [2.24, 2.45) is 0 Å². The second-order valence-electron chi connectivity index (χ2n) is 6.09. The van der Waals surface area contributed by atoms with E-state index in [1.165, 1.54) is 31.0 Å². The number of aromatic nitrogens is 3. The average molecular weight is 360 g/mol. The summed E-state index contributed by atoms with van der Waals surface area (Å²) >= 11 is 1.35. The third kappa shape index (κ3) is 4.98. The van der Waals surface area contributed by atoms with Crippen molar-refractivity contribution in [3.63, 3.8) is 0 Å². The van der Waals surface area contributed by atoms with Crippen LogP contribution in [0.1, 0.15) is 39.0 Å². The van der Waals surface area contributed by atoms with Crippen LogP contribution in [-0.2, 0) is 4.79 Å². The number of hydrogen-bond acceptors (Lipinski definition) is 5. The largest absolute Gasteiger partial charge is 0.493 e. The van der Waals surface area contributed by atoms with Crippen molar-refractivity contribution in [3.05, 3.63) is 24.3 Å². The van der Waals surface area contributed by atoms with Gasteiger partial charge < -0.3 is 10.1 Å². The van der Waals surface area contributed by atoms with Crippen LogP contribution < -0.4 is 10.1 Å². The van der Waals surface area contributed by atoms with Crippen molar-refractivity contribution in [1.29, 1.82) is 0 Å². The minimum Gasteiger partial charge on any atom is -0.493 e. The number of nitrogens with zero attached hydrogens (tertiary/aromatic N) is 2. The van der Waals surface area contributed by atoms with E-state index in [9.17, 15) is 4.79 Å². The van der Waals surface area contributed by atoms with Gasteiger partial charge in [0.25, 0.3) is 0 Å². The predicted octanol–water partition coefficient (Wildman–Crippen LogP) is 3.41. The van der Waals surface area contributed by atoms with Gasteiger partial charge in [0.15, 0.2) is 5.82 Å². The lowest BCUT2D eigenvalue weighted by Crippen LogP contribution is -2.37. The van der Waals surface area contributed by atoms with Gasteiger partial charge in [-0.2, -0.15) is 0 Å². The molecule has 1 aliphatic rings. The first kappa shape index (κ1) is 17.8. The van der Waals surface area contributed by atoms with Gasteiger partial charge in [-0.1, -0.05) is 43.2 Å². The summed E-state index contributed by atoms with van der Waals surface area (Å²) < 4.78 is 5.62. The van der Waals surface area contributed by atoms with E-state index in [-0.39, 0.29) is 5.91 Å². The first-order valence-corrected chi connectivity index (χ1v) is 9.81. The van der Waals surface area contributed by atoms with E-state index < -0.39 is 0 Å². The van der Waals surface area contributed by atoms with Crippen molar-refractivity contribution < 1.29 is 9.53 Å². The number of nitrogens with one attached hydrogen (secondary N) is 2. The van der Waals surface area contributed by atoms with Crippen LogP contribution in [-0.4, -0.2) is 39.5 Å². The van der Waals surface area contributed by atoms with Crippen LogP contribution in [0.25, 0.3) is 11.4 Å². The minimum absolute atomic E-state index is 0.0537. The topological polar surface area (TPSA) is 79.9 Å². The molecule has 0 spiro atoms. The summed E-state index contributed by atoms with van der Waals surface area (Å²) in [7, 11) is 0. The smallest absolute Gasteiger partial charge is 0.230 e. The van der Waals surface area contributed by atoms with E-state index in [2.05, 4.69) is 20.5 Å². The number of aromatic amines is 1. The van der Waals surface area contributed by atoms with Crippen molar-refractivity contribution in [1.82, 2.24) is 20.5 Å². The number of H-pyrrole nitrogens is 1. The van der Waals surface area contributed by atoms with E-state index in [1.54, 1.807) is 0 Å². The number of thioether (sulfide) groups is 1. The highest BCUT2D eigenvalue weighted by Gasteiger charge is 2.17. The number of hydrogen-bond donors (Lipinski definition) is 2. The molecule has 134 valence electrons. The molecular formula is C18H24N4O2S. The summed E-state index contributed by atoms with van der Waals surface area (Å²) in [5.41, 5.74) is 0.871. The fourth-order valence-corrected chi connectivity index (χ4v) is 3.63. The Bertz CT molecular complexity index is 698. The highest BCUT2D eigenvalue weighted by atomic mass is 32.2. The van der Waals surface area contributed by atoms with Gasteiger partial charge >= 0.3 is 0 Å².